The molecule has 0 aromatic carbocycles. The molecule has 0 amide bonds. The van der Waals surface area contributed by atoms with E-state index in [0.29, 0.717) is 6.04 Å². The molecule has 0 spiro atoms. The number of nitrogens with one attached hydrogen (secondary N) is 2. The Bertz CT molecular complexity index is 1110. The van der Waals surface area contributed by atoms with Crippen LogP contribution in [-0.2, 0) is 0 Å². The van der Waals surface area contributed by atoms with Gasteiger partial charge in [-0.1, -0.05) is 74.5 Å². The third-order valence-corrected chi connectivity index (χ3v) is 14.8. The van der Waals surface area contributed by atoms with Crippen LogP contribution in [0.25, 0.3) is 0 Å². The van der Waals surface area contributed by atoms with E-state index in [9.17, 15) is 0 Å². The number of hydrogen-bond donors (Lipinski definition) is 3. The molecule has 8 unspecified atom stereocenters. The van der Waals surface area contributed by atoms with Crippen molar-refractivity contribution < 1.29 is 0 Å². The van der Waals surface area contributed by atoms with Gasteiger partial charge in [0.05, 0.1) is 0 Å². The van der Waals surface area contributed by atoms with Gasteiger partial charge in [-0.15, -0.1) is 0 Å². The number of rotatable bonds is 12. The van der Waals surface area contributed by atoms with Gasteiger partial charge in [0, 0.05) is 37.3 Å². The maximum atomic E-state index is 7.01. The second-order valence-corrected chi connectivity index (χ2v) is 17.3. The Hall–Kier alpha value is -1.32. The summed E-state index contributed by atoms with van der Waals surface area (Å²) in [4.78, 5) is 0. The molecule has 3 nitrogen and oxygen atoms in total. The normalized spacial score (nSPS) is 37.0. The minimum absolute atomic E-state index is 0.359. The molecule has 4 N–H and O–H groups in total. The van der Waals surface area contributed by atoms with Crippen LogP contribution in [-0.4, -0.2) is 25.7 Å². The van der Waals surface area contributed by atoms with Gasteiger partial charge in [-0.25, -0.2) is 0 Å². The first kappa shape index (κ1) is 33.2. The fraction of sp³-hybridized carbons (Fsp3) is 0.814. The van der Waals surface area contributed by atoms with Gasteiger partial charge < -0.3 is 16.4 Å². The smallest absolute Gasteiger partial charge is 0.0296 e. The second kappa shape index (κ2) is 15.9. The topological polar surface area (TPSA) is 50.1 Å². The molecule has 1 saturated heterocycles. The summed E-state index contributed by atoms with van der Waals surface area (Å²) in [6.45, 7) is 6.17. The standard InChI is InChI=1S/C43H69N3/c1-30(35-24-25-41(39-19-9-7-17-37(35)39)43(44)21-11-12-31-27-45-28-31)22-23-33(29-46-34-14-3-2-4-15-34)42-26-32-13-5-6-16-36(32)38-18-8-10-20-40(38)42/h3,11-12,14-15,30-33,35-37,39,41-43,45-46H,2,4-10,13,16-29,44H2,1H3/b12-11+/t30?,32?,33?,35?,36?,37?,39?,41?,42-,43-/m0/s1. The predicted octanol–water partition coefficient (Wildman–Crippen LogP) is 9.86. The van der Waals surface area contributed by atoms with Gasteiger partial charge in [-0.2, -0.15) is 0 Å². The zero-order chi connectivity index (χ0) is 31.3. The lowest BCUT2D eigenvalue weighted by atomic mass is 9.56. The molecule has 10 atom stereocenters. The van der Waals surface area contributed by atoms with E-state index in [1.165, 1.54) is 134 Å². The number of fused-ring (bicyclic) bond motifs is 3. The second-order valence-electron chi connectivity index (χ2n) is 17.3. The molecule has 4 fully saturated rings. The van der Waals surface area contributed by atoms with Gasteiger partial charge in [-0.3, -0.25) is 0 Å². The van der Waals surface area contributed by atoms with Crippen LogP contribution in [0.1, 0.15) is 135 Å². The van der Waals surface area contributed by atoms with Crippen LogP contribution in [0.4, 0.5) is 0 Å². The fourth-order valence-corrected chi connectivity index (χ4v) is 12.2. The average molecular weight is 628 g/mol. The zero-order valence-corrected chi connectivity index (χ0v) is 29.6. The summed E-state index contributed by atoms with van der Waals surface area (Å²) >= 11 is 0. The Kier molecular flexibility index (Phi) is 11.5. The first-order chi connectivity index (χ1) is 22.7. The van der Waals surface area contributed by atoms with E-state index < -0.39 is 0 Å². The first-order valence-electron chi connectivity index (χ1n) is 20.6. The molecular weight excluding hydrogens is 558 g/mol. The summed E-state index contributed by atoms with van der Waals surface area (Å²) in [7, 11) is 0. The SMILES string of the molecule is CC(CCC(CNC1=CCCC=C1)[C@@H]1CC2CCCCC2C2=C1CCCC2)C1CCC([C@@H](N)C/C=C/C2CNC2)C2CCCCC12. The first-order valence-corrected chi connectivity index (χ1v) is 20.6. The molecule has 0 bridgehead atoms. The van der Waals surface area contributed by atoms with Crippen molar-refractivity contribution in [3.05, 3.63) is 47.2 Å². The minimum Gasteiger partial charge on any atom is -0.385 e. The van der Waals surface area contributed by atoms with E-state index in [0.717, 1.165) is 78.7 Å². The van der Waals surface area contributed by atoms with Crippen molar-refractivity contribution in [3.63, 3.8) is 0 Å². The van der Waals surface area contributed by atoms with Gasteiger partial charge in [0.15, 0.2) is 0 Å². The van der Waals surface area contributed by atoms with Crippen molar-refractivity contribution in [2.75, 3.05) is 19.6 Å². The Morgan fingerprint density at radius 2 is 1.63 bits per heavy atom. The van der Waals surface area contributed by atoms with Crippen molar-refractivity contribution in [3.8, 4) is 0 Å². The van der Waals surface area contributed by atoms with Gasteiger partial charge >= 0.3 is 0 Å². The van der Waals surface area contributed by atoms with Crippen molar-refractivity contribution in [2.45, 2.75) is 141 Å². The summed E-state index contributed by atoms with van der Waals surface area (Å²) < 4.78 is 0. The van der Waals surface area contributed by atoms with Crippen LogP contribution in [0.15, 0.2) is 47.2 Å². The van der Waals surface area contributed by atoms with Crippen LogP contribution in [0.3, 0.4) is 0 Å². The molecular formula is C43H69N3. The minimum atomic E-state index is 0.359. The summed E-state index contributed by atoms with van der Waals surface area (Å²) in [5.74, 6) is 8.61. The van der Waals surface area contributed by atoms with Gasteiger partial charge in [-0.05, 0) is 156 Å². The largest absolute Gasteiger partial charge is 0.385 e. The van der Waals surface area contributed by atoms with Gasteiger partial charge in [0.2, 0.25) is 0 Å². The number of hydrogen-bond acceptors (Lipinski definition) is 3. The van der Waals surface area contributed by atoms with E-state index in [1.54, 1.807) is 0 Å². The molecule has 7 rings (SSSR count). The molecule has 0 radical (unpaired) electrons. The Labute approximate surface area is 283 Å². The molecule has 0 aromatic heterocycles. The van der Waals surface area contributed by atoms with Crippen LogP contribution < -0.4 is 16.4 Å². The summed E-state index contributed by atoms with van der Waals surface area (Å²) in [5, 5.41) is 7.42. The van der Waals surface area contributed by atoms with E-state index >= 15 is 0 Å². The number of allylic oxidation sites excluding steroid dienone is 5. The molecule has 7 aliphatic rings. The summed E-state index contributed by atoms with van der Waals surface area (Å²) in [6, 6.07) is 0.359. The molecule has 1 aliphatic heterocycles. The zero-order valence-electron chi connectivity index (χ0n) is 29.6. The van der Waals surface area contributed by atoms with Gasteiger partial charge in [0.1, 0.15) is 0 Å². The van der Waals surface area contributed by atoms with E-state index in [1.807, 2.05) is 11.1 Å². The Balaban J connectivity index is 1.03. The maximum absolute atomic E-state index is 7.01. The highest BCUT2D eigenvalue weighted by Crippen LogP contribution is 2.54. The van der Waals surface area contributed by atoms with Gasteiger partial charge in [0.25, 0.3) is 0 Å². The van der Waals surface area contributed by atoms with Crippen molar-refractivity contribution >= 4 is 0 Å². The lowest BCUT2D eigenvalue weighted by molar-refractivity contribution is 0.0110. The number of nitrogens with two attached hydrogens (primary N) is 1. The predicted molar refractivity (Wildman–Crippen MR) is 195 cm³/mol. The van der Waals surface area contributed by atoms with Crippen LogP contribution >= 0.6 is 0 Å². The van der Waals surface area contributed by atoms with Crippen LogP contribution in [0, 0.1) is 59.2 Å². The quantitative estimate of drug-likeness (QED) is 0.189. The fourth-order valence-electron chi connectivity index (χ4n) is 12.2. The van der Waals surface area contributed by atoms with Crippen LogP contribution in [0.2, 0.25) is 0 Å². The molecule has 1 heterocycles. The van der Waals surface area contributed by atoms with E-state index in [2.05, 4.69) is 47.9 Å². The Morgan fingerprint density at radius 3 is 2.41 bits per heavy atom. The van der Waals surface area contributed by atoms with E-state index in [-0.39, 0.29) is 0 Å². The Morgan fingerprint density at radius 1 is 0.870 bits per heavy atom. The lowest BCUT2D eigenvalue weighted by Crippen LogP contribution is -2.46. The van der Waals surface area contributed by atoms with Crippen LogP contribution in [0.5, 0.6) is 0 Å². The highest BCUT2D eigenvalue weighted by Gasteiger charge is 2.45. The highest BCUT2D eigenvalue weighted by molar-refractivity contribution is 5.28. The average Bonchev–Trinajstić information content (AvgIpc) is 3.09. The van der Waals surface area contributed by atoms with Crippen molar-refractivity contribution in [1.29, 1.82) is 0 Å². The third-order valence-electron chi connectivity index (χ3n) is 14.8. The molecule has 3 saturated carbocycles. The highest BCUT2D eigenvalue weighted by atomic mass is 14.9. The molecule has 6 aliphatic carbocycles. The van der Waals surface area contributed by atoms with E-state index in [4.69, 9.17) is 5.73 Å². The maximum Gasteiger partial charge on any atom is 0.0296 e. The molecule has 46 heavy (non-hydrogen) atoms. The van der Waals surface area contributed by atoms with Crippen molar-refractivity contribution in [1.82, 2.24) is 10.6 Å². The summed E-state index contributed by atoms with van der Waals surface area (Å²) in [5.41, 5.74) is 12.4. The lowest BCUT2D eigenvalue weighted by Gasteiger charge is -2.50. The molecule has 0 aromatic rings. The monoisotopic (exact) mass is 628 g/mol. The molecule has 3 heteroatoms. The third kappa shape index (κ3) is 7.61. The van der Waals surface area contributed by atoms with Crippen molar-refractivity contribution in [2.24, 2.45) is 64.9 Å². The summed E-state index contributed by atoms with van der Waals surface area (Å²) in [6.07, 6.45) is 40.2. The molecule has 256 valence electrons.